The molecule has 0 atom stereocenters. The molecule has 0 spiro atoms. The first-order valence-electron chi connectivity index (χ1n) is 5.96. The molecular formula is C15H12F2O2S. The van der Waals surface area contributed by atoms with Gasteiger partial charge in [-0.15, -0.1) is 11.3 Å². The van der Waals surface area contributed by atoms with Crippen LogP contribution in [-0.4, -0.2) is 11.7 Å². The lowest BCUT2D eigenvalue weighted by Gasteiger charge is -2.06. The number of aliphatic hydroxyl groups excluding tert-OH is 1. The molecule has 0 amide bonds. The highest BCUT2D eigenvalue weighted by atomic mass is 32.1. The number of hydrogen-bond donors (Lipinski definition) is 1. The van der Waals surface area contributed by atoms with E-state index >= 15 is 0 Å². The van der Waals surface area contributed by atoms with Crippen LogP contribution in [0.4, 0.5) is 8.78 Å². The fourth-order valence-electron chi connectivity index (χ4n) is 1.49. The van der Waals surface area contributed by atoms with Gasteiger partial charge in [-0.25, -0.2) is 8.78 Å². The minimum Gasteiger partial charge on any atom is -0.482 e. The standard InChI is InChI=1S/C15H12F2O2S/c16-13-5-3-6-14(17)15(13)19-10-12-8-7-11(20-12)4-1-2-9-18/h3,5-8,18H,2,9-10H2. The van der Waals surface area contributed by atoms with Crippen molar-refractivity contribution < 1.29 is 18.6 Å². The number of para-hydroxylation sites is 1. The molecule has 20 heavy (non-hydrogen) atoms. The molecule has 0 unspecified atom stereocenters. The predicted molar refractivity (Wildman–Crippen MR) is 73.6 cm³/mol. The quantitative estimate of drug-likeness (QED) is 0.876. The molecular weight excluding hydrogens is 282 g/mol. The van der Waals surface area contributed by atoms with E-state index in [1.165, 1.54) is 17.4 Å². The Bertz CT molecular complexity index is 621. The van der Waals surface area contributed by atoms with E-state index in [2.05, 4.69) is 11.8 Å². The number of aliphatic hydroxyl groups is 1. The minimum absolute atomic E-state index is 0.0287. The molecule has 2 aromatic rings. The van der Waals surface area contributed by atoms with E-state index < -0.39 is 11.6 Å². The fourth-order valence-corrected chi connectivity index (χ4v) is 2.29. The summed E-state index contributed by atoms with van der Waals surface area (Å²) in [4.78, 5) is 1.65. The van der Waals surface area contributed by atoms with Crippen LogP contribution in [0.25, 0.3) is 0 Å². The first-order chi connectivity index (χ1) is 9.70. The Kier molecular flexibility index (Phi) is 5.10. The van der Waals surface area contributed by atoms with Gasteiger partial charge in [0.25, 0.3) is 0 Å². The third-order valence-corrected chi connectivity index (χ3v) is 3.36. The Morgan fingerprint density at radius 3 is 2.60 bits per heavy atom. The maximum absolute atomic E-state index is 13.4. The Morgan fingerprint density at radius 1 is 1.15 bits per heavy atom. The minimum atomic E-state index is -0.718. The van der Waals surface area contributed by atoms with Crippen LogP contribution in [0.5, 0.6) is 5.75 Å². The summed E-state index contributed by atoms with van der Waals surface area (Å²) in [6.07, 6.45) is 0.421. The second-order valence-electron chi connectivity index (χ2n) is 3.88. The Morgan fingerprint density at radius 2 is 1.90 bits per heavy atom. The number of ether oxygens (including phenoxy) is 1. The lowest BCUT2D eigenvalue weighted by atomic mass is 10.3. The number of thiophene rings is 1. The van der Waals surface area contributed by atoms with E-state index in [4.69, 9.17) is 9.84 Å². The van der Waals surface area contributed by atoms with Crippen LogP contribution in [0.15, 0.2) is 30.3 Å². The summed E-state index contributed by atoms with van der Waals surface area (Å²) in [7, 11) is 0. The summed E-state index contributed by atoms with van der Waals surface area (Å²) in [5, 5.41) is 8.62. The van der Waals surface area contributed by atoms with E-state index in [-0.39, 0.29) is 19.0 Å². The van der Waals surface area contributed by atoms with Gasteiger partial charge in [0.05, 0.1) is 11.5 Å². The van der Waals surface area contributed by atoms with Crippen molar-refractivity contribution in [1.82, 2.24) is 0 Å². The van der Waals surface area contributed by atoms with Gasteiger partial charge in [0, 0.05) is 11.3 Å². The van der Waals surface area contributed by atoms with Gasteiger partial charge < -0.3 is 9.84 Å². The molecule has 1 aromatic heterocycles. The van der Waals surface area contributed by atoms with Crippen molar-refractivity contribution in [1.29, 1.82) is 0 Å². The van der Waals surface area contributed by atoms with E-state index in [1.807, 2.05) is 6.07 Å². The Labute approximate surface area is 119 Å². The lowest BCUT2D eigenvalue weighted by molar-refractivity contribution is 0.277. The van der Waals surface area contributed by atoms with Crippen LogP contribution in [0.2, 0.25) is 0 Å². The first kappa shape index (κ1) is 14.5. The van der Waals surface area contributed by atoms with Crippen LogP contribution in [0.3, 0.4) is 0 Å². The molecule has 1 N–H and O–H groups in total. The van der Waals surface area contributed by atoms with Crippen molar-refractivity contribution >= 4 is 11.3 Å². The van der Waals surface area contributed by atoms with Gasteiger partial charge in [-0.05, 0) is 24.3 Å². The van der Waals surface area contributed by atoms with Gasteiger partial charge in [0.2, 0.25) is 0 Å². The topological polar surface area (TPSA) is 29.5 Å². The molecule has 1 aromatic carbocycles. The lowest BCUT2D eigenvalue weighted by Crippen LogP contribution is -1.97. The summed E-state index contributed by atoms with van der Waals surface area (Å²) in [6, 6.07) is 7.20. The Balaban J connectivity index is 2.00. The molecule has 0 radical (unpaired) electrons. The highest BCUT2D eigenvalue weighted by Crippen LogP contribution is 2.23. The highest BCUT2D eigenvalue weighted by Gasteiger charge is 2.10. The van der Waals surface area contributed by atoms with Crippen molar-refractivity contribution in [3.63, 3.8) is 0 Å². The fraction of sp³-hybridized carbons (Fsp3) is 0.200. The number of hydrogen-bond acceptors (Lipinski definition) is 3. The second kappa shape index (κ2) is 7.04. The van der Waals surface area contributed by atoms with Gasteiger partial charge >= 0.3 is 0 Å². The van der Waals surface area contributed by atoms with Crippen LogP contribution >= 0.6 is 11.3 Å². The third-order valence-electron chi connectivity index (χ3n) is 2.39. The molecule has 0 saturated carbocycles. The molecule has 2 rings (SSSR count). The van der Waals surface area contributed by atoms with Gasteiger partial charge in [0.1, 0.15) is 6.61 Å². The summed E-state index contributed by atoms with van der Waals surface area (Å²) in [5.74, 6) is 3.90. The van der Waals surface area contributed by atoms with Gasteiger partial charge in [0.15, 0.2) is 17.4 Å². The zero-order valence-corrected chi connectivity index (χ0v) is 11.3. The molecule has 0 aliphatic heterocycles. The molecule has 2 nitrogen and oxygen atoms in total. The molecule has 0 saturated heterocycles. The summed E-state index contributed by atoms with van der Waals surface area (Å²) in [5.41, 5.74) is 0. The average Bonchev–Trinajstić information content (AvgIpc) is 2.86. The molecule has 1 heterocycles. The van der Waals surface area contributed by atoms with Gasteiger partial charge in [-0.2, -0.15) is 0 Å². The highest BCUT2D eigenvalue weighted by molar-refractivity contribution is 7.12. The van der Waals surface area contributed by atoms with E-state index in [1.54, 1.807) is 6.07 Å². The first-order valence-corrected chi connectivity index (χ1v) is 6.77. The molecule has 104 valence electrons. The summed E-state index contributed by atoms with van der Waals surface area (Å²) >= 11 is 1.39. The van der Waals surface area contributed by atoms with E-state index in [9.17, 15) is 8.78 Å². The van der Waals surface area contributed by atoms with Crippen LogP contribution in [0.1, 0.15) is 16.2 Å². The van der Waals surface area contributed by atoms with Crippen molar-refractivity contribution in [2.45, 2.75) is 13.0 Å². The number of rotatable bonds is 4. The monoisotopic (exact) mass is 294 g/mol. The van der Waals surface area contributed by atoms with Gasteiger partial charge in [-0.1, -0.05) is 17.9 Å². The van der Waals surface area contributed by atoms with Crippen LogP contribution in [0, 0.1) is 23.5 Å². The molecule has 0 bridgehead atoms. The maximum Gasteiger partial charge on any atom is 0.191 e. The Hall–Kier alpha value is -1.90. The third kappa shape index (κ3) is 3.80. The van der Waals surface area contributed by atoms with Gasteiger partial charge in [-0.3, -0.25) is 0 Å². The van der Waals surface area contributed by atoms with Crippen LogP contribution in [-0.2, 0) is 6.61 Å². The van der Waals surface area contributed by atoms with Crippen molar-refractivity contribution in [3.8, 4) is 17.6 Å². The smallest absolute Gasteiger partial charge is 0.191 e. The molecule has 5 heteroatoms. The zero-order valence-electron chi connectivity index (χ0n) is 10.5. The molecule has 0 fully saturated rings. The average molecular weight is 294 g/mol. The normalized spacial score (nSPS) is 9.95. The second-order valence-corrected chi connectivity index (χ2v) is 5.05. The summed E-state index contributed by atoms with van der Waals surface area (Å²) < 4.78 is 31.9. The van der Waals surface area contributed by atoms with Crippen LogP contribution < -0.4 is 4.74 Å². The predicted octanol–water partition coefficient (Wildman–Crippen LogP) is 3.34. The molecule has 0 aliphatic rings. The van der Waals surface area contributed by atoms with E-state index in [0.717, 1.165) is 21.9 Å². The maximum atomic E-state index is 13.4. The largest absolute Gasteiger partial charge is 0.482 e. The summed E-state index contributed by atoms with van der Waals surface area (Å²) in [6.45, 7) is 0.116. The number of halogens is 2. The molecule has 0 aliphatic carbocycles. The number of benzene rings is 1. The SMILES string of the molecule is OCCC#Cc1ccc(COc2c(F)cccc2F)s1. The van der Waals surface area contributed by atoms with E-state index in [0.29, 0.717) is 6.42 Å². The zero-order chi connectivity index (χ0) is 14.4. The van der Waals surface area contributed by atoms with Crippen molar-refractivity contribution in [2.24, 2.45) is 0 Å². The van der Waals surface area contributed by atoms with Crippen molar-refractivity contribution in [3.05, 3.63) is 51.7 Å². The van der Waals surface area contributed by atoms with Crippen molar-refractivity contribution in [2.75, 3.05) is 6.61 Å².